The van der Waals surface area contributed by atoms with Crippen molar-refractivity contribution in [3.8, 4) is 0 Å². The smallest absolute Gasteiger partial charge is 0.395 e. The van der Waals surface area contributed by atoms with Crippen molar-refractivity contribution in [2.45, 2.75) is 19.8 Å². The van der Waals surface area contributed by atoms with Crippen molar-refractivity contribution in [3.05, 3.63) is 0 Å². The van der Waals surface area contributed by atoms with Crippen molar-refractivity contribution in [1.82, 2.24) is 0 Å². The number of phosphoric acid groups is 1. The summed E-state index contributed by atoms with van der Waals surface area (Å²) in [5.41, 5.74) is 0. The van der Waals surface area contributed by atoms with Gasteiger partial charge in [-0.25, -0.2) is 4.57 Å². The van der Waals surface area contributed by atoms with E-state index in [-0.39, 0.29) is 0 Å². The van der Waals surface area contributed by atoms with Gasteiger partial charge in [0.15, 0.2) is 0 Å². The van der Waals surface area contributed by atoms with E-state index in [9.17, 15) is 4.89 Å². The second-order valence-electron chi connectivity index (χ2n) is 3.12. The summed E-state index contributed by atoms with van der Waals surface area (Å²) in [5.74, 6) is -2.29. The molecule has 1 unspecified atom stereocenters. The van der Waals surface area contributed by atoms with E-state index in [0.29, 0.717) is 6.16 Å². The molecule has 0 aromatic carbocycles. The van der Waals surface area contributed by atoms with Crippen LogP contribution >= 0.6 is 13.6 Å². The van der Waals surface area contributed by atoms with Gasteiger partial charge in [-0.05, 0) is 12.6 Å². The van der Waals surface area contributed by atoms with E-state index in [0.717, 1.165) is 12.8 Å². The van der Waals surface area contributed by atoms with Crippen molar-refractivity contribution < 1.29 is 33.0 Å². The summed E-state index contributed by atoms with van der Waals surface area (Å²) in [6, 6.07) is 0. The van der Waals surface area contributed by atoms with Gasteiger partial charge in [0, 0.05) is 14.2 Å². The molecule has 0 aromatic heterocycles. The molecule has 0 saturated heterocycles. The average Bonchev–Trinajstić information content (AvgIpc) is 2.13. The highest BCUT2D eigenvalue weighted by Crippen LogP contribution is 2.45. The summed E-state index contributed by atoms with van der Waals surface area (Å²) in [6.07, 6.45) is 2.70. The molecule has 0 bridgehead atoms. The van der Waals surface area contributed by atoms with Crippen LogP contribution in [0.4, 0.5) is 0 Å². The Labute approximate surface area is 108 Å². The molecule has 17 heavy (non-hydrogen) atoms. The molecule has 0 aromatic rings. The maximum atomic E-state index is 9.84. The lowest BCUT2D eigenvalue weighted by molar-refractivity contribution is 0.275. The van der Waals surface area contributed by atoms with Crippen LogP contribution in [0, 0.1) is 0 Å². The Hall–Kier alpha value is 0.857. The molecular formula is C6H20O7P2SSi. The standard InChI is InChI=1S/C6H17O3PSSi.H3O4P/c1-4-5-6-10(7,11)12(8-2)9-3;1-5(2,3)4/h12H,4-6H2,1-3H3,(H,7,11);(H3,1,2,3,4). The van der Waals surface area contributed by atoms with Gasteiger partial charge in [-0.3, -0.25) is 0 Å². The van der Waals surface area contributed by atoms with E-state index in [1.54, 1.807) is 14.2 Å². The molecule has 0 rings (SSSR count). The second kappa shape index (κ2) is 9.74. The first-order valence-corrected chi connectivity index (χ1v) is 11.8. The minimum atomic E-state index is -4.64. The van der Waals surface area contributed by atoms with Gasteiger partial charge < -0.3 is 28.4 Å². The zero-order valence-electron chi connectivity index (χ0n) is 10.0. The lowest BCUT2D eigenvalue weighted by Crippen LogP contribution is -2.21. The second-order valence-corrected chi connectivity index (χ2v) is 14.5. The Morgan fingerprint density at radius 3 is 1.76 bits per heavy atom. The number of unbranched alkanes of at least 4 members (excludes halogenated alkanes) is 1. The fourth-order valence-electron chi connectivity index (χ4n) is 0.916. The topological polar surface area (TPSA) is 116 Å². The zero-order chi connectivity index (χ0) is 14.1. The third-order valence-corrected chi connectivity index (χ3v) is 10.1. The third kappa shape index (κ3) is 14.8. The largest absolute Gasteiger partial charge is 0.466 e. The van der Waals surface area contributed by atoms with Crippen LogP contribution in [-0.4, -0.2) is 48.9 Å². The summed E-state index contributed by atoms with van der Waals surface area (Å²) < 4.78 is 19.0. The van der Waals surface area contributed by atoms with Gasteiger partial charge in [0.2, 0.25) is 0 Å². The van der Waals surface area contributed by atoms with Crippen molar-refractivity contribution in [1.29, 1.82) is 0 Å². The Kier molecular flexibility index (Phi) is 11.6. The lowest BCUT2D eigenvalue weighted by atomic mass is 10.4. The normalized spacial score (nSPS) is 15.1. The molecule has 0 heterocycles. The highest BCUT2D eigenvalue weighted by atomic mass is 32.5. The van der Waals surface area contributed by atoms with Gasteiger partial charge in [0.25, 0.3) is 0 Å². The molecule has 0 fully saturated rings. The molecule has 0 radical (unpaired) electrons. The van der Waals surface area contributed by atoms with E-state index >= 15 is 0 Å². The van der Waals surface area contributed by atoms with Crippen LogP contribution < -0.4 is 0 Å². The summed E-state index contributed by atoms with van der Waals surface area (Å²) in [4.78, 5) is 31.4. The fraction of sp³-hybridized carbons (Fsp3) is 1.00. The number of hydrogen-bond acceptors (Lipinski definition) is 4. The first-order valence-electron chi connectivity index (χ1n) is 4.73. The predicted octanol–water partition coefficient (Wildman–Crippen LogP) is 0.255. The summed E-state index contributed by atoms with van der Waals surface area (Å²) in [7, 11) is -3.47. The molecular weight excluding hydrogens is 306 g/mol. The highest BCUT2D eigenvalue weighted by Gasteiger charge is 2.28. The minimum Gasteiger partial charge on any atom is -0.395 e. The molecule has 1 atom stereocenters. The van der Waals surface area contributed by atoms with Crippen LogP contribution in [0.3, 0.4) is 0 Å². The quantitative estimate of drug-likeness (QED) is 0.405. The van der Waals surface area contributed by atoms with E-state index in [1.807, 2.05) is 0 Å². The van der Waals surface area contributed by atoms with Crippen LogP contribution in [0.15, 0.2) is 0 Å². The van der Waals surface area contributed by atoms with Crippen LogP contribution in [0.25, 0.3) is 0 Å². The fourth-order valence-corrected chi connectivity index (χ4v) is 7.84. The first-order chi connectivity index (χ1) is 7.58. The lowest BCUT2D eigenvalue weighted by Gasteiger charge is -2.20. The van der Waals surface area contributed by atoms with E-state index in [2.05, 4.69) is 6.92 Å². The highest BCUT2D eigenvalue weighted by molar-refractivity contribution is 8.26. The van der Waals surface area contributed by atoms with Gasteiger partial charge in [-0.2, -0.15) is 0 Å². The summed E-state index contributed by atoms with van der Waals surface area (Å²) in [5, 5.41) is 0. The molecule has 0 aliphatic heterocycles. The van der Waals surface area contributed by atoms with Gasteiger partial charge in [-0.1, -0.05) is 25.2 Å². The van der Waals surface area contributed by atoms with E-state index in [1.165, 1.54) is 0 Å². The van der Waals surface area contributed by atoms with Gasteiger partial charge >= 0.3 is 16.8 Å². The monoisotopic (exact) mass is 326 g/mol. The molecule has 106 valence electrons. The predicted molar refractivity (Wildman–Crippen MR) is 71.7 cm³/mol. The Balaban J connectivity index is 0. The first kappa shape index (κ1) is 20.2. The maximum absolute atomic E-state index is 9.84. The molecule has 0 aliphatic carbocycles. The van der Waals surface area contributed by atoms with Gasteiger partial charge in [0.1, 0.15) is 5.81 Å². The van der Waals surface area contributed by atoms with Crippen molar-refractivity contribution in [2.24, 2.45) is 0 Å². The van der Waals surface area contributed by atoms with Crippen LogP contribution in [0.5, 0.6) is 0 Å². The summed E-state index contributed by atoms with van der Waals surface area (Å²) in [6.45, 7) is 2.07. The average molecular weight is 326 g/mol. The van der Waals surface area contributed by atoms with Gasteiger partial charge in [0.05, 0.1) is 0 Å². The molecule has 11 heteroatoms. The zero-order valence-corrected chi connectivity index (χ0v) is 13.8. The van der Waals surface area contributed by atoms with Crippen molar-refractivity contribution in [2.75, 3.05) is 20.4 Å². The summed E-state index contributed by atoms with van der Waals surface area (Å²) >= 11 is 5.11. The Morgan fingerprint density at radius 1 is 1.18 bits per heavy atom. The van der Waals surface area contributed by atoms with Crippen molar-refractivity contribution in [3.63, 3.8) is 0 Å². The molecule has 7 nitrogen and oxygen atoms in total. The number of hydrogen-bond donors (Lipinski definition) is 4. The Morgan fingerprint density at radius 2 is 1.53 bits per heavy atom. The molecule has 4 N–H and O–H groups in total. The van der Waals surface area contributed by atoms with Crippen molar-refractivity contribution >= 4 is 34.4 Å². The van der Waals surface area contributed by atoms with E-state index in [4.69, 9.17) is 39.9 Å². The number of rotatable bonds is 6. The van der Waals surface area contributed by atoms with E-state index < -0.39 is 22.6 Å². The molecule has 0 saturated carbocycles. The maximum Gasteiger partial charge on any atom is 0.466 e. The molecule has 0 amide bonds. The third-order valence-electron chi connectivity index (χ3n) is 1.56. The van der Waals surface area contributed by atoms with Crippen LogP contribution in [-0.2, 0) is 25.2 Å². The Bertz CT molecular complexity index is 271. The SMILES string of the molecule is CCCCP(O)(=S)[SiH](OC)OC.O=P(O)(O)O. The molecule has 0 aliphatic rings. The molecule has 0 spiro atoms. The minimum absolute atomic E-state index is 0.692. The van der Waals surface area contributed by atoms with Gasteiger partial charge in [-0.15, -0.1) is 0 Å². The van der Waals surface area contributed by atoms with Crippen LogP contribution in [0.2, 0.25) is 0 Å². The van der Waals surface area contributed by atoms with Crippen LogP contribution in [0.1, 0.15) is 19.8 Å².